The van der Waals surface area contributed by atoms with Crippen molar-refractivity contribution >= 4 is 23.4 Å². The first-order chi connectivity index (χ1) is 10.2. The van der Waals surface area contributed by atoms with Crippen molar-refractivity contribution in [3.63, 3.8) is 0 Å². The number of ether oxygens (including phenoxy) is 1. The fraction of sp³-hybridized carbons (Fsp3) is 0.188. The van der Waals surface area contributed by atoms with E-state index in [1.165, 1.54) is 23.9 Å². The summed E-state index contributed by atoms with van der Waals surface area (Å²) in [5.74, 6) is 1.46. The molecule has 0 aromatic heterocycles. The summed E-state index contributed by atoms with van der Waals surface area (Å²) in [4.78, 5) is 11.8. The molecule has 0 fully saturated rings. The van der Waals surface area contributed by atoms with Gasteiger partial charge in [-0.1, -0.05) is 12.1 Å². The minimum atomic E-state index is -0.249. The summed E-state index contributed by atoms with van der Waals surface area (Å²) in [5, 5.41) is 2.81. The van der Waals surface area contributed by atoms with Crippen molar-refractivity contribution in [1.29, 1.82) is 0 Å². The van der Waals surface area contributed by atoms with E-state index in [-0.39, 0.29) is 11.7 Å². The van der Waals surface area contributed by atoms with Crippen molar-refractivity contribution in [2.24, 2.45) is 0 Å². The molecule has 3 nitrogen and oxygen atoms in total. The van der Waals surface area contributed by atoms with Gasteiger partial charge in [-0.05, 0) is 42.0 Å². The molecule has 0 aliphatic carbocycles. The quantitative estimate of drug-likeness (QED) is 0.884. The lowest BCUT2D eigenvalue weighted by Crippen LogP contribution is -2.14. The summed E-state index contributed by atoms with van der Waals surface area (Å²) in [6.07, 6.45) is 0. The minimum absolute atomic E-state index is 0.0627. The average molecular weight is 305 g/mol. The summed E-state index contributed by atoms with van der Waals surface area (Å²) in [6.45, 7) is 0. The smallest absolute Gasteiger partial charge is 0.234 e. The van der Waals surface area contributed by atoms with Gasteiger partial charge in [-0.25, -0.2) is 4.39 Å². The van der Waals surface area contributed by atoms with E-state index in [2.05, 4.69) is 5.32 Å². The van der Waals surface area contributed by atoms with Crippen LogP contribution in [0.5, 0.6) is 5.75 Å². The second-order valence-electron chi connectivity index (χ2n) is 4.40. The Balaban J connectivity index is 1.75. The highest BCUT2D eigenvalue weighted by Gasteiger charge is 2.03. The van der Waals surface area contributed by atoms with Crippen molar-refractivity contribution in [2.75, 3.05) is 18.2 Å². The fourth-order valence-electron chi connectivity index (χ4n) is 1.71. The van der Waals surface area contributed by atoms with E-state index in [0.29, 0.717) is 11.5 Å². The zero-order valence-electron chi connectivity index (χ0n) is 11.6. The molecule has 2 aromatic rings. The molecular formula is C16H16FNO2S. The lowest BCUT2D eigenvalue weighted by Gasteiger charge is -2.06. The topological polar surface area (TPSA) is 38.3 Å². The molecular weight excluding hydrogens is 289 g/mol. The largest absolute Gasteiger partial charge is 0.497 e. The van der Waals surface area contributed by atoms with Gasteiger partial charge in [0.25, 0.3) is 0 Å². The van der Waals surface area contributed by atoms with Crippen LogP contribution in [0.3, 0.4) is 0 Å². The standard InChI is InChI=1S/C16H16FNO2S/c1-20-15-8-6-14(7-9-15)18-16(19)11-21-10-12-2-4-13(17)5-3-12/h2-9H,10-11H2,1H3,(H,18,19). The van der Waals surface area contributed by atoms with Crippen LogP contribution in [0.15, 0.2) is 48.5 Å². The molecule has 0 saturated carbocycles. The SMILES string of the molecule is COc1ccc(NC(=O)CSCc2ccc(F)cc2)cc1. The fourth-order valence-corrected chi connectivity index (χ4v) is 2.50. The van der Waals surface area contributed by atoms with E-state index in [1.807, 2.05) is 0 Å². The number of halogens is 1. The summed E-state index contributed by atoms with van der Waals surface area (Å²) in [6, 6.07) is 13.5. The van der Waals surface area contributed by atoms with E-state index in [0.717, 1.165) is 17.0 Å². The van der Waals surface area contributed by atoms with Gasteiger partial charge in [0.15, 0.2) is 0 Å². The summed E-state index contributed by atoms with van der Waals surface area (Å²) in [5.41, 5.74) is 1.74. The maximum atomic E-state index is 12.8. The van der Waals surface area contributed by atoms with E-state index >= 15 is 0 Å². The monoisotopic (exact) mass is 305 g/mol. The van der Waals surface area contributed by atoms with Crippen LogP contribution in [0.1, 0.15) is 5.56 Å². The third kappa shape index (κ3) is 5.11. The molecule has 5 heteroatoms. The Morgan fingerprint density at radius 2 is 1.81 bits per heavy atom. The molecule has 0 saturated heterocycles. The van der Waals surface area contributed by atoms with Crippen LogP contribution in [-0.2, 0) is 10.5 Å². The van der Waals surface area contributed by atoms with Crippen molar-refractivity contribution in [2.45, 2.75) is 5.75 Å². The molecule has 0 spiro atoms. The van der Waals surface area contributed by atoms with Crippen molar-refractivity contribution < 1.29 is 13.9 Å². The minimum Gasteiger partial charge on any atom is -0.497 e. The van der Waals surface area contributed by atoms with Crippen molar-refractivity contribution in [3.05, 3.63) is 59.9 Å². The molecule has 0 heterocycles. The Labute approximate surface area is 127 Å². The molecule has 21 heavy (non-hydrogen) atoms. The molecule has 2 rings (SSSR count). The molecule has 0 aliphatic rings. The number of hydrogen-bond donors (Lipinski definition) is 1. The van der Waals surface area contributed by atoms with Crippen LogP contribution in [0.2, 0.25) is 0 Å². The third-order valence-electron chi connectivity index (χ3n) is 2.79. The zero-order chi connectivity index (χ0) is 15.1. The van der Waals surface area contributed by atoms with Gasteiger partial charge in [-0.15, -0.1) is 11.8 Å². The van der Waals surface area contributed by atoms with Crippen LogP contribution in [0.4, 0.5) is 10.1 Å². The highest BCUT2D eigenvalue weighted by molar-refractivity contribution is 7.99. The molecule has 0 radical (unpaired) electrons. The molecule has 110 valence electrons. The van der Waals surface area contributed by atoms with Crippen LogP contribution < -0.4 is 10.1 Å². The number of hydrogen-bond acceptors (Lipinski definition) is 3. The number of thioether (sulfide) groups is 1. The second-order valence-corrected chi connectivity index (χ2v) is 5.38. The molecule has 0 unspecified atom stereocenters. The predicted molar refractivity (Wildman–Crippen MR) is 84.2 cm³/mol. The number of benzene rings is 2. The third-order valence-corrected chi connectivity index (χ3v) is 3.79. The van der Waals surface area contributed by atoms with Gasteiger partial charge in [0.05, 0.1) is 12.9 Å². The van der Waals surface area contributed by atoms with Gasteiger partial charge in [0.1, 0.15) is 11.6 Å². The highest BCUT2D eigenvalue weighted by atomic mass is 32.2. The lowest BCUT2D eigenvalue weighted by molar-refractivity contribution is -0.113. The second kappa shape index (κ2) is 7.69. The first kappa shape index (κ1) is 15.4. The van der Waals surface area contributed by atoms with E-state index in [1.54, 1.807) is 43.5 Å². The Kier molecular flexibility index (Phi) is 5.63. The lowest BCUT2D eigenvalue weighted by atomic mass is 10.2. The van der Waals surface area contributed by atoms with E-state index in [9.17, 15) is 9.18 Å². The number of anilines is 1. The molecule has 0 atom stereocenters. The molecule has 0 aliphatic heterocycles. The summed E-state index contributed by atoms with van der Waals surface area (Å²) in [7, 11) is 1.60. The van der Waals surface area contributed by atoms with Gasteiger partial charge >= 0.3 is 0 Å². The number of amides is 1. The Bertz CT molecular complexity index is 584. The number of carbonyl (C=O) groups excluding carboxylic acids is 1. The van der Waals surface area contributed by atoms with Gasteiger partial charge < -0.3 is 10.1 Å². The summed E-state index contributed by atoms with van der Waals surface area (Å²) >= 11 is 1.49. The molecule has 0 bridgehead atoms. The van der Waals surface area contributed by atoms with E-state index in [4.69, 9.17) is 4.74 Å². The predicted octanol–water partition coefficient (Wildman–Crippen LogP) is 3.71. The Hall–Kier alpha value is -2.01. The Morgan fingerprint density at radius 1 is 1.14 bits per heavy atom. The first-order valence-electron chi connectivity index (χ1n) is 6.43. The van der Waals surface area contributed by atoms with Gasteiger partial charge in [0, 0.05) is 11.4 Å². The molecule has 2 aromatic carbocycles. The van der Waals surface area contributed by atoms with E-state index < -0.39 is 0 Å². The Morgan fingerprint density at radius 3 is 2.43 bits per heavy atom. The normalized spacial score (nSPS) is 10.2. The van der Waals surface area contributed by atoms with Crippen LogP contribution >= 0.6 is 11.8 Å². The molecule has 1 amide bonds. The number of rotatable bonds is 6. The molecule has 1 N–H and O–H groups in total. The van der Waals surface area contributed by atoms with Crippen LogP contribution in [-0.4, -0.2) is 18.8 Å². The van der Waals surface area contributed by atoms with Gasteiger partial charge in [-0.2, -0.15) is 0 Å². The summed E-state index contributed by atoms with van der Waals surface area (Å²) < 4.78 is 17.8. The number of methoxy groups -OCH3 is 1. The maximum Gasteiger partial charge on any atom is 0.234 e. The maximum absolute atomic E-state index is 12.8. The first-order valence-corrected chi connectivity index (χ1v) is 7.59. The number of nitrogens with one attached hydrogen (secondary N) is 1. The zero-order valence-corrected chi connectivity index (χ0v) is 12.5. The highest BCUT2D eigenvalue weighted by Crippen LogP contribution is 2.16. The van der Waals surface area contributed by atoms with Crippen LogP contribution in [0, 0.1) is 5.82 Å². The van der Waals surface area contributed by atoms with Crippen molar-refractivity contribution in [1.82, 2.24) is 0 Å². The van der Waals surface area contributed by atoms with Gasteiger partial charge in [-0.3, -0.25) is 4.79 Å². The van der Waals surface area contributed by atoms with Crippen LogP contribution in [0.25, 0.3) is 0 Å². The van der Waals surface area contributed by atoms with Crippen molar-refractivity contribution in [3.8, 4) is 5.75 Å². The average Bonchev–Trinajstić information content (AvgIpc) is 2.50. The number of carbonyl (C=O) groups is 1. The van der Waals surface area contributed by atoms with Gasteiger partial charge in [0.2, 0.25) is 5.91 Å².